The standard InChI is InChI=1S/C14H19NO2/c16-13-9-11(15-7-3-4-8-15)10-17-14-6-2-1-5-12(13)14/h1-2,5-6,11,13,16H,3-4,7-10H2/t11-,13-/m0/s1. The molecule has 3 rings (SSSR count). The lowest BCUT2D eigenvalue weighted by Crippen LogP contribution is -2.37. The fourth-order valence-electron chi connectivity index (χ4n) is 2.89. The molecule has 0 saturated carbocycles. The number of hydrogen-bond donors (Lipinski definition) is 1. The Kier molecular flexibility index (Phi) is 3.04. The molecule has 3 heteroatoms. The Balaban J connectivity index is 1.79. The van der Waals surface area contributed by atoms with Crippen LogP contribution >= 0.6 is 0 Å². The van der Waals surface area contributed by atoms with Gasteiger partial charge in [-0.25, -0.2) is 0 Å². The maximum absolute atomic E-state index is 10.3. The average Bonchev–Trinajstić information content (AvgIpc) is 2.83. The van der Waals surface area contributed by atoms with E-state index in [1.807, 2.05) is 24.3 Å². The number of para-hydroxylation sites is 1. The number of hydrogen-bond acceptors (Lipinski definition) is 3. The van der Waals surface area contributed by atoms with Gasteiger partial charge < -0.3 is 9.84 Å². The molecule has 17 heavy (non-hydrogen) atoms. The summed E-state index contributed by atoms with van der Waals surface area (Å²) in [7, 11) is 0. The summed E-state index contributed by atoms with van der Waals surface area (Å²) in [6.45, 7) is 3.00. The van der Waals surface area contributed by atoms with Crippen molar-refractivity contribution in [1.82, 2.24) is 4.90 Å². The SMILES string of the molecule is O[C@H]1C[C@H](N2CCCC2)COc2ccccc21. The highest BCUT2D eigenvalue weighted by atomic mass is 16.5. The maximum Gasteiger partial charge on any atom is 0.125 e. The second kappa shape index (κ2) is 4.67. The molecular formula is C14H19NO2. The van der Waals surface area contributed by atoms with Gasteiger partial charge in [0.15, 0.2) is 0 Å². The van der Waals surface area contributed by atoms with Crippen LogP contribution in [0.25, 0.3) is 0 Å². The lowest BCUT2D eigenvalue weighted by Gasteiger charge is -2.26. The highest BCUT2D eigenvalue weighted by molar-refractivity contribution is 5.36. The Bertz CT molecular complexity index is 388. The molecule has 0 amide bonds. The minimum absolute atomic E-state index is 0.361. The molecule has 0 unspecified atom stereocenters. The third kappa shape index (κ3) is 2.17. The normalized spacial score (nSPS) is 29.5. The molecule has 1 fully saturated rings. The van der Waals surface area contributed by atoms with Gasteiger partial charge >= 0.3 is 0 Å². The van der Waals surface area contributed by atoms with Crippen LogP contribution in [0.4, 0.5) is 0 Å². The van der Waals surface area contributed by atoms with E-state index in [4.69, 9.17) is 4.74 Å². The van der Waals surface area contributed by atoms with E-state index in [1.54, 1.807) is 0 Å². The summed E-state index contributed by atoms with van der Waals surface area (Å²) in [5.74, 6) is 0.849. The predicted molar refractivity (Wildman–Crippen MR) is 66.1 cm³/mol. The van der Waals surface area contributed by atoms with E-state index < -0.39 is 0 Å². The summed E-state index contributed by atoms with van der Waals surface area (Å²) in [6.07, 6.45) is 2.95. The zero-order chi connectivity index (χ0) is 11.7. The average molecular weight is 233 g/mol. The number of nitrogens with zero attached hydrogens (tertiary/aromatic N) is 1. The van der Waals surface area contributed by atoms with Crippen molar-refractivity contribution in [1.29, 1.82) is 0 Å². The first kappa shape index (κ1) is 11.1. The Morgan fingerprint density at radius 3 is 2.76 bits per heavy atom. The van der Waals surface area contributed by atoms with Gasteiger partial charge in [0.2, 0.25) is 0 Å². The van der Waals surface area contributed by atoms with Gasteiger partial charge in [0.1, 0.15) is 12.4 Å². The van der Waals surface area contributed by atoms with Crippen LogP contribution in [0.2, 0.25) is 0 Å². The Morgan fingerprint density at radius 1 is 1.18 bits per heavy atom. The molecular weight excluding hydrogens is 214 g/mol. The smallest absolute Gasteiger partial charge is 0.125 e. The van der Waals surface area contributed by atoms with Crippen LogP contribution in [0, 0.1) is 0 Å². The topological polar surface area (TPSA) is 32.7 Å². The number of ether oxygens (including phenoxy) is 1. The molecule has 1 N–H and O–H groups in total. The van der Waals surface area contributed by atoms with Gasteiger partial charge in [0.25, 0.3) is 0 Å². The molecule has 2 atom stereocenters. The van der Waals surface area contributed by atoms with E-state index in [0.717, 1.165) is 30.8 Å². The van der Waals surface area contributed by atoms with Gasteiger partial charge in [-0.1, -0.05) is 18.2 Å². The molecule has 3 nitrogen and oxygen atoms in total. The lowest BCUT2D eigenvalue weighted by molar-refractivity contribution is 0.103. The highest BCUT2D eigenvalue weighted by Gasteiger charge is 2.29. The van der Waals surface area contributed by atoms with Crippen molar-refractivity contribution >= 4 is 0 Å². The van der Waals surface area contributed by atoms with Crippen molar-refractivity contribution in [2.45, 2.75) is 31.4 Å². The summed E-state index contributed by atoms with van der Waals surface area (Å²) in [6, 6.07) is 8.19. The quantitative estimate of drug-likeness (QED) is 0.805. The number of rotatable bonds is 1. The third-order valence-electron chi connectivity index (χ3n) is 3.86. The lowest BCUT2D eigenvalue weighted by atomic mass is 10.0. The van der Waals surface area contributed by atoms with Crippen molar-refractivity contribution in [2.24, 2.45) is 0 Å². The van der Waals surface area contributed by atoms with Crippen molar-refractivity contribution in [3.63, 3.8) is 0 Å². The second-order valence-electron chi connectivity index (χ2n) is 5.00. The molecule has 0 aromatic heterocycles. The molecule has 1 aromatic carbocycles. The zero-order valence-electron chi connectivity index (χ0n) is 10.0. The summed E-state index contributed by atoms with van der Waals surface area (Å²) in [4.78, 5) is 2.45. The molecule has 2 aliphatic heterocycles. The van der Waals surface area contributed by atoms with E-state index in [1.165, 1.54) is 12.8 Å². The Hall–Kier alpha value is -1.06. The fourth-order valence-corrected chi connectivity index (χ4v) is 2.89. The van der Waals surface area contributed by atoms with Crippen LogP contribution in [0.15, 0.2) is 24.3 Å². The van der Waals surface area contributed by atoms with E-state index in [-0.39, 0.29) is 6.10 Å². The van der Waals surface area contributed by atoms with Crippen LogP contribution < -0.4 is 4.74 Å². The van der Waals surface area contributed by atoms with Crippen LogP contribution in [0.3, 0.4) is 0 Å². The summed E-state index contributed by atoms with van der Waals surface area (Å²) < 4.78 is 5.84. The van der Waals surface area contributed by atoms with Crippen molar-refractivity contribution in [3.05, 3.63) is 29.8 Å². The molecule has 0 radical (unpaired) electrons. The van der Waals surface area contributed by atoms with Crippen LogP contribution in [-0.2, 0) is 0 Å². The summed E-state index contributed by atoms with van der Waals surface area (Å²) in [5.41, 5.74) is 0.939. The number of aliphatic hydroxyl groups excluding tert-OH is 1. The first-order valence-corrected chi connectivity index (χ1v) is 6.48. The second-order valence-corrected chi connectivity index (χ2v) is 5.00. The van der Waals surface area contributed by atoms with Gasteiger partial charge in [0.05, 0.1) is 6.10 Å². The van der Waals surface area contributed by atoms with Gasteiger partial charge in [-0.3, -0.25) is 4.90 Å². The molecule has 2 heterocycles. The fraction of sp³-hybridized carbons (Fsp3) is 0.571. The van der Waals surface area contributed by atoms with Gasteiger partial charge in [-0.05, 0) is 38.4 Å². The number of fused-ring (bicyclic) bond motifs is 1. The van der Waals surface area contributed by atoms with E-state index in [2.05, 4.69) is 4.90 Å². The third-order valence-corrected chi connectivity index (χ3v) is 3.86. The zero-order valence-corrected chi connectivity index (χ0v) is 10.0. The van der Waals surface area contributed by atoms with Gasteiger partial charge in [-0.15, -0.1) is 0 Å². The minimum Gasteiger partial charge on any atom is -0.492 e. The van der Waals surface area contributed by atoms with Gasteiger partial charge in [0, 0.05) is 11.6 Å². The predicted octanol–water partition coefficient (Wildman–Crippen LogP) is 1.97. The maximum atomic E-state index is 10.3. The molecule has 92 valence electrons. The molecule has 0 bridgehead atoms. The van der Waals surface area contributed by atoms with Gasteiger partial charge in [-0.2, -0.15) is 0 Å². The molecule has 0 spiro atoms. The monoisotopic (exact) mass is 233 g/mol. The van der Waals surface area contributed by atoms with Crippen LogP contribution in [0.1, 0.15) is 30.9 Å². The first-order chi connectivity index (χ1) is 8.34. The van der Waals surface area contributed by atoms with Crippen LogP contribution in [-0.4, -0.2) is 35.7 Å². The molecule has 0 aliphatic carbocycles. The van der Waals surface area contributed by atoms with Crippen molar-refractivity contribution in [2.75, 3.05) is 19.7 Å². The first-order valence-electron chi connectivity index (χ1n) is 6.48. The van der Waals surface area contributed by atoms with Crippen LogP contribution in [0.5, 0.6) is 5.75 Å². The van der Waals surface area contributed by atoms with E-state index in [0.29, 0.717) is 12.6 Å². The minimum atomic E-state index is -0.390. The summed E-state index contributed by atoms with van der Waals surface area (Å²) >= 11 is 0. The Morgan fingerprint density at radius 2 is 1.94 bits per heavy atom. The van der Waals surface area contributed by atoms with E-state index >= 15 is 0 Å². The highest BCUT2D eigenvalue weighted by Crippen LogP contribution is 2.33. The number of likely N-dealkylation sites (tertiary alicyclic amines) is 1. The molecule has 1 aromatic rings. The van der Waals surface area contributed by atoms with Crippen molar-refractivity contribution < 1.29 is 9.84 Å². The summed E-state index contributed by atoms with van der Waals surface area (Å²) in [5, 5.41) is 10.3. The van der Waals surface area contributed by atoms with E-state index in [9.17, 15) is 5.11 Å². The van der Waals surface area contributed by atoms with Crippen molar-refractivity contribution in [3.8, 4) is 5.75 Å². The Labute approximate surface area is 102 Å². The molecule has 1 saturated heterocycles. The number of benzene rings is 1. The molecule has 2 aliphatic rings. The largest absolute Gasteiger partial charge is 0.492 e. The number of aliphatic hydroxyl groups is 1.